The summed E-state index contributed by atoms with van der Waals surface area (Å²) < 4.78 is 0. The molecule has 0 amide bonds. The van der Waals surface area contributed by atoms with Crippen molar-refractivity contribution >= 4 is 5.96 Å². The molecule has 2 atom stereocenters. The number of nitrogens with two attached hydrogens (primary N) is 3. The van der Waals surface area contributed by atoms with E-state index in [1.807, 2.05) is 6.07 Å². The first-order valence-corrected chi connectivity index (χ1v) is 5.98. The molecular weight excluding hydrogens is 230 g/mol. The maximum Gasteiger partial charge on any atom is 0.210 e. The van der Waals surface area contributed by atoms with Gasteiger partial charge in [0, 0.05) is 23.5 Å². The van der Waals surface area contributed by atoms with E-state index in [-0.39, 0.29) is 12.0 Å². The second-order valence-electron chi connectivity index (χ2n) is 4.85. The number of nitrogens with zero attached hydrogens (tertiary/aromatic N) is 2. The summed E-state index contributed by atoms with van der Waals surface area (Å²) in [5.41, 5.74) is 26.2. The lowest BCUT2D eigenvalue weighted by Gasteiger charge is -2.25. The van der Waals surface area contributed by atoms with Gasteiger partial charge in [0.25, 0.3) is 0 Å². The van der Waals surface area contributed by atoms with Crippen molar-refractivity contribution in [2.45, 2.75) is 31.1 Å². The van der Waals surface area contributed by atoms with Gasteiger partial charge < -0.3 is 11.5 Å². The Balaban J connectivity index is 1.97. The van der Waals surface area contributed by atoms with E-state index >= 15 is 0 Å². The number of aliphatic imine (C=N–C) groups is 1. The van der Waals surface area contributed by atoms with Crippen LogP contribution < -0.4 is 28.1 Å². The van der Waals surface area contributed by atoms with Crippen molar-refractivity contribution in [1.82, 2.24) is 15.8 Å². The number of guanidine groups is 1. The predicted molar refractivity (Wildman–Crippen MR) is 68.0 cm³/mol. The summed E-state index contributed by atoms with van der Waals surface area (Å²) in [5.74, 6) is -0.778. The quantitative estimate of drug-likeness (QED) is 0.406. The first kappa shape index (κ1) is 11.4. The summed E-state index contributed by atoms with van der Waals surface area (Å²) in [5, 5.41) is 0. The fourth-order valence-corrected chi connectivity index (χ4v) is 2.40. The Labute approximate surface area is 105 Å². The highest BCUT2D eigenvalue weighted by Gasteiger charge is 2.32. The number of fused-ring (bicyclic) bond motifs is 1. The average Bonchev–Trinajstić information content (AvgIpc) is 2.69. The first-order chi connectivity index (χ1) is 8.57. The molecule has 0 fully saturated rings. The van der Waals surface area contributed by atoms with Crippen LogP contribution in [-0.2, 0) is 18.6 Å². The van der Waals surface area contributed by atoms with Crippen LogP contribution in [-0.4, -0.2) is 17.0 Å². The summed E-state index contributed by atoms with van der Waals surface area (Å²) in [4.78, 5) is 8.59. The Morgan fingerprint density at radius 3 is 3.00 bits per heavy atom. The van der Waals surface area contributed by atoms with Gasteiger partial charge in [0.15, 0.2) is 0 Å². The van der Waals surface area contributed by atoms with Crippen molar-refractivity contribution < 1.29 is 0 Å². The molecule has 0 bridgehead atoms. The first-order valence-electron chi connectivity index (χ1n) is 5.98. The molecule has 3 rings (SSSR count). The minimum atomic E-state index is -1.05. The number of hydrogen-bond donors (Lipinski definition) is 5. The summed E-state index contributed by atoms with van der Waals surface area (Å²) >= 11 is 0. The average molecular weight is 247 g/mol. The number of aromatic nitrogens is 1. The molecule has 7 nitrogen and oxygen atoms in total. The van der Waals surface area contributed by atoms with Crippen molar-refractivity contribution in [3.05, 3.63) is 29.1 Å². The fourth-order valence-electron chi connectivity index (χ4n) is 2.40. The Hall–Kier alpha value is -1.70. The van der Waals surface area contributed by atoms with Gasteiger partial charge in [-0.05, 0) is 30.9 Å². The predicted octanol–water partition coefficient (Wildman–Crippen LogP) is -1.61. The molecule has 0 radical (unpaired) electrons. The summed E-state index contributed by atoms with van der Waals surface area (Å²) in [6, 6.07) is 2.21. The maximum atomic E-state index is 6.13. The van der Waals surface area contributed by atoms with Crippen LogP contribution >= 0.6 is 0 Å². The van der Waals surface area contributed by atoms with Crippen molar-refractivity contribution in [3.63, 3.8) is 0 Å². The Kier molecular flexibility index (Phi) is 2.47. The second kappa shape index (κ2) is 3.91. The van der Waals surface area contributed by atoms with Crippen LogP contribution in [0.25, 0.3) is 0 Å². The van der Waals surface area contributed by atoms with Crippen LogP contribution in [0, 0.1) is 0 Å². The van der Waals surface area contributed by atoms with Gasteiger partial charge in [-0.3, -0.25) is 16.1 Å². The number of hydrogen-bond acceptors (Lipinski definition) is 7. The van der Waals surface area contributed by atoms with E-state index in [0.29, 0.717) is 0 Å². The van der Waals surface area contributed by atoms with Crippen LogP contribution in [0.4, 0.5) is 0 Å². The van der Waals surface area contributed by atoms with Crippen LogP contribution in [0.1, 0.15) is 23.2 Å². The zero-order valence-corrected chi connectivity index (χ0v) is 9.98. The van der Waals surface area contributed by atoms with Crippen LogP contribution in [0.3, 0.4) is 0 Å². The van der Waals surface area contributed by atoms with Crippen LogP contribution in [0.5, 0.6) is 0 Å². The van der Waals surface area contributed by atoms with Gasteiger partial charge in [0.2, 0.25) is 11.7 Å². The molecular formula is C11H17N7. The van der Waals surface area contributed by atoms with E-state index in [1.165, 1.54) is 0 Å². The number of nitrogens with one attached hydrogen (secondary N) is 2. The molecule has 2 unspecified atom stereocenters. The van der Waals surface area contributed by atoms with Crippen molar-refractivity contribution in [3.8, 4) is 0 Å². The third-order valence-electron chi connectivity index (χ3n) is 3.41. The van der Waals surface area contributed by atoms with Crippen molar-refractivity contribution in [1.29, 1.82) is 0 Å². The van der Waals surface area contributed by atoms with E-state index in [4.69, 9.17) is 17.2 Å². The molecule has 2 heterocycles. The highest BCUT2D eigenvalue weighted by atomic mass is 15.6. The molecule has 0 aromatic carbocycles. The van der Waals surface area contributed by atoms with Gasteiger partial charge in [-0.2, -0.15) is 5.43 Å². The normalized spacial score (nSPS) is 30.6. The summed E-state index contributed by atoms with van der Waals surface area (Å²) in [7, 11) is 0. The molecule has 1 aliphatic carbocycles. The third kappa shape index (κ3) is 1.82. The zero-order valence-electron chi connectivity index (χ0n) is 9.98. The van der Waals surface area contributed by atoms with E-state index in [1.54, 1.807) is 6.20 Å². The van der Waals surface area contributed by atoms with E-state index in [9.17, 15) is 0 Å². The Bertz CT molecular complexity index is 512. The molecule has 7 heteroatoms. The number of hydrazine groups is 1. The Morgan fingerprint density at radius 2 is 2.28 bits per heavy atom. The standard InChI is InChI=1S/C11H17N7/c12-8-1-2-9-6(4-8)3-7(5-15-9)11(14)16-10(13)17-18-11/h3,5,8,18H,1-2,4,12,14H2,(H3,13,16,17). The molecule has 1 aliphatic heterocycles. The van der Waals surface area contributed by atoms with Crippen LogP contribution in [0.15, 0.2) is 17.3 Å². The molecule has 18 heavy (non-hydrogen) atoms. The van der Waals surface area contributed by atoms with E-state index in [2.05, 4.69) is 20.8 Å². The lowest BCUT2D eigenvalue weighted by atomic mass is 9.91. The monoisotopic (exact) mass is 247 g/mol. The van der Waals surface area contributed by atoms with Gasteiger partial charge in [-0.15, -0.1) is 0 Å². The van der Waals surface area contributed by atoms with Gasteiger partial charge in [-0.1, -0.05) is 0 Å². The van der Waals surface area contributed by atoms with E-state index in [0.717, 1.165) is 36.1 Å². The van der Waals surface area contributed by atoms with Crippen molar-refractivity contribution in [2.24, 2.45) is 22.2 Å². The molecule has 0 saturated heterocycles. The molecule has 1 aromatic heterocycles. The Morgan fingerprint density at radius 1 is 1.44 bits per heavy atom. The summed E-state index contributed by atoms with van der Waals surface area (Å²) in [6.07, 6.45) is 4.48. The SMILES string of the molecule is NC1=NC(N)(c2cnc3c(c2)CC(N)CC3)NN1. The lowest BCUT2D eigenvalue weighted by molar-refractivity contribution is 0.373. The molecule has 96 valence electrons. The van der Waals surface area contributed by atoms with Gasteiger partial charge in [0.05, 0.1) is 0 Å². The minimum Gasteiger partial charge on any atom is -0.369 e. The van der Waals surface area contributed by atoms with E-state index < -0.39 is 5.79 Å². The third-order valence-corrected chi connectivity index (χ3v) is 3.41. The number of rotatable bonds is 1. The smallest absolute Gasteiger partial charge is 0.210 e. The van der Waals surface area contributed by atoms with Crippen molar-refractivity contribution in [2.75, 3.05) is 0 Å². The van der Waals surface area contributed by atoms with Gasteiger partial charge >= 0.3 is 0 Å². The number of pyridine rings is 1. The lowest BCUT2D eigenvalue weighted by Crippen LogP contribution is -2.50. The van der Waals surface area contributed by atoms with Gasteiger partial charge in [-0.25, -0.2) is 4.99 Å². The number of aryl methyl sites for hydroxylation is 1. The largest absolute Gasteiger partial charge is 0.369 e. The fraction of sp³-hybridized carbons (Fsp3) is 0.455. The highest BCUT2D eigenvalue weighted by Crippen LogP contribution is 2.24. The minimum absolute atomic E-state index is 0.200. The van der Waals surface area contributed by atoms with Gasteiger partial charge in [0.1, 0.15) is 0 Å². The maximum absolute atomic E-state index is 6.13. The highest BCUT2D eigenvalue weighted by molar-refractivity contribution is 5.79. The molecule has 0 spiro atoms. The molecule has 2 aliphatic rings. The second-order valence-corrected chi connectivity index (χ2v) is 4.85. The zero-order chi connectivity index (χ0) is 12.8. The van der Waals surface area contributed by atoms with Crippen LogP contribution in [0.2, 0.25) is 0 Å². The molecule has 8 N–H and O–H groups in total. The molecule has 0 saturated carbocycles. The summed E-state index contributed by atoms with van der Waals surface area (Å²) in [6.45, 7) is 0. The molecule has 1 aromatic rings. The topological polar surface area (TPSA) is 127 Å².